The number of rotatable bonds is 2. The van der Waals surface area contributed by atoms with Gasteiger partial charge in [-0.2, -0.15) is 13.2 Å². The maximum Gasteiger partial charge on any atom is 0.418 e. The zero-order valence-electron chi connectivity index (χ0n) is 13.0. The van der Waals surface area contributed by atoms with Crippen molar-refractivity contribution in [2.45, 2.75) is 38.9 Å². The molecular formula is C18H19F3N2. The van der Waals surface area contributed by atoms with Gasteiger partial charge in [-0.15, -0.1) is 0 Å². The molecule has 0 amide bonds. The van der Waals surface area contributed by atoms with Crippen LogP contribution in [-0.2, 0) is 19.1 Å². The van der Waals surface area contributed by atoms with Gasteiger partial charge < -0.3 is 4.90 Å². The van der Waals surface area contributed by atoms with E-state index in [9.17, 15) is 13.2 Å². The van der Waals surface area contributed by atoms with Crippen LogP contribution in [0.5, 0.6) is 0 Å². The first kappa shape index (κ1) is 15.8. The van der Waals surface area contributed by atoms with Crippen LogP contribution in [0.15, 0.2) is 36.4 Å². The van der Waals surface area contributed by atoms with Crippen LogP contribution in [0, 0.1) is 6.92 Å². The van der Waals surface area contributed by atoms with Crippen LogP contribution in [0.25, 0.3) is 0 Å². The number of aryl methyl sites for hydroxylation is 2. The topological polar surface area (TPSA) is 16.1 Å². The third kappa shape index (κ3) is 3.49. The second-order valence-corrected chi connectivity index (χ2v) is 5.95. The van der Waals surface area contributed by atoms with Crippen molar-refractivity contribution >= 4 is 5.69 Å². The van der Waals surface area contributed by atoms with Gasteiger partial charge in [0.25, 0.3) is 0 Å². The maximum absolute atomic E-state index is 13.2. The van der Waals surface area contributed by atoms with Gasteiger partial charge in [0.15, 0.2) is 0 Å². The number of nitrogens with zero attached hydrogens (tertiary/aromatic N) is 2. The smallest absolute Gasteiger partial charge is 0.366 e. The van der Waals surface area contributed by atoms with E-state index in [4.69, 9.17) is 0 Å². The van der Waals surface area contributed by atoms with Crippen molar-refractivity contribution in [2.75, 3.05) is 11.4 Å². The van der Waals surface area contributed by atoms with Crippen LogP contribution < -0.4 is 4.90 Å². The molecule has 122 valence electrons. The Kier molecular flexibility index (Phi) is 4.28. The minimum Gasteiger partial charge on any atom is -0.366 e. The maximum atomic E-state index is 13.2. The lowest BCUT2D eigenvalue weighted by Crippen LogP contribution is -2.25. The van der Waals surface area contributed by atoms with Gasteiger partial charge in [0.05, 0.1) is 16.9 Å². The van der Waals surface area contributed by atoms with Gasteiger partial charge in [-0.05, 0) is 37.8 Å². The fourth-order valence-electron chi connectivity index (χ4n) is 3.07. The van der Waals surface area contributed by atoms with Crippen molar-refractivity contribution in [3.8, 4) is 0 Å². The highest BCUT2D eigenvalue weighted by molar-refractivity contribution is 5.55. The number of pyridine rings is 1. The highest BCUT2D eigenvalue weighted by Crippen LogP contribution is 2.36. The first-order valence-electron chi connectivity index (χ1n) is 7.82. The van der Waals surface area contributed by atoms with Gasteiger partial charge in [-0.1, -0.05) is 30.3 Å². The Hall–Kier alpha value is -2.04. The van der Waals surface area contributed by atoms with E-state index in [0.29, 0.717) is 12.2 Å². The molecule has 2 aromatic rings. The predicted octanol–water partition coefficient (Wildman–Crippen LogP) is 4.75. The number of aromatic nitrogens is 1. The van der Waals surface area contributed by atoms with Gasteiger partial charge >= 0.3 is 6.18 Å². The number of anilines is 1. The molecule has 0 bridgehead atoms. The Morgan fingerprint density at radius 3 is 2.57 bits per heavy atom. The summed E-state index contributed by atoms with van der Waals surface area (Å²) in [4.78, 5) is 6.30. The van der Waals surface area contributed by atoms with E-state index in [1.54, 1.807) is 0 Å². The summed E-state index contributed by atoms with van der Waals surface area (Å²) >= 11 is 0. The largest absolute Gasteiger partial charge is 0.418 e. The predicted molar refractivity (Wildman–Crippen MR) is 84.4 cm³/mol. The van der Waals surface area contributed by atoms with Crippen molar-refractivity contribution in [2.24, 2.45) is 0 Å². The van der Waals surface area contributed by atoms with Crippen LogP contribution in [0.4, 0.5) is 18.9 Å². The normalized spacial score (nSPS) is 15.2. The molecule has 0 saturated carbocycles. The van der Waals surface area contributed by atoms with Crippen LogP contribution in [0.1, 0.15) is 35.4 Å². The molecule has 0 N–H and O–H groups in total. The summed E-state index contributed by atoms with van der Waals surface area (Å²) in [5, 5.41) is 0. The summed E-state index contributed by atoms with van der Waals surface area (Å²) in [6.45, 7) is 2.80. The Morgan fingerprint density at radius 1 is 1.13 bits per heavy atom. The lowest BCUT2D eigenvalue weighted by molar-refractivity contribution is -0.138. The van der Waals surface area contributed by atoms with E-state index in [0.717, 1.165) is 37.1 Å². The summed E-state index contributed by atoms with van der Waals surface area (Å²) in [6.07, 6.45) is -1.71. The summed E-state index contributed by atoms with van der Waals surface area (Å²) in [5.74, 6) is 0. The lowest BCUT2D eigenvalue weighted by Gasteiger charge is -2.26. The van der Waals surface area contributed by atoms with Crippen LogP contribution >= 0.6 is 0 Å². The number of hydrogen-bond donors (Lipinski definition) is 0. The van der Waals surface area contributed by atoms with Gasteiger partial charge in [0, 0.05) is 18.8 Å². The van der Waals surface area contributed by atoms with Gasteiger partial charge in [-0.3, -0.25) is 4.98 Å². The first-order chi connectivity index (χ1) is 10.9. The molecule has 0 aliphatic carbocycles. The van der Waals surface area contributed by atoms with Crippen molar-refractivity contribution in [3.05, 3.63) is 58.9 Å². The fraction of sp³-hybridized carbons (Fsp3) is 0.389. The molecular weight excluding hydrogens is 301 g/mol. The number of alkyl halides is 3. The molecule has 2 heterocycles. The Balaban J connectivity index is 2.01. The average molecular weight is 320 g/mol. The standard InChI is InChI=1S/C18H19F3N2/c1-13-15(18(19,20)21)11-17-16(22-13)9-5-6-10-23(17)12-14-7-3-2-4-8-14/h2-4,7-8,11H,5-6,9-10,12H2,1H3. The molecule has 1 aromatic carbocycles. The summed E-state index contributed by atoms with van der Waals surface area (Å²) in [6, 6.07) is 11.1. The van der Waals surface area contributed by atoms with Crippen molar-refractivity contribution < 1.29 is 13.2 Å². The number of benzene rings is 1. The summed E-state index contributed by atoms with van der Waals surface area (Å²) in [7, 11) is 0. The minimum atomic E-state index is -4.36. The monoisotopic (exact) mass is 320 g/mol. The Labute approximate surface area is 134 Å². The van der Waals surface area contributed by atoms with Crippen LogP contribution in [0.3, 0.4) is 0 Å². The molecule has 0 spiro atoms. The molecule has 0 radical (unpaired) electrons. The molecule has 1 aliphatic heterocycles. The van der Waals surface area contributed by atoms with E-state index in [2.05, 4.69) is 4.98 Å². The Bertz CT molecular complexity index is 681. The average Bonchev–Trinajstić information content (AvgIpc) is 2.68. The van der Waals surface area contributed by atoms with E-state index in [1.807, 2.05) is 35.2 Å². The summed E-state index contributed by atoms with van der Waals surface area (Å²) in [5.41, 5.74) is 1.94. The first-order valence-corrected chi connectivity index (χ1v) is 7.82. The Morgan fingerprint density at radius 2 is 1.87 bits per heavy atom. The summed E-state index contributed by atoms with van der Waals surface area (Å²) < 4.78 is 39.6. The number of halogens is 3. The molecule has 0 fully saturated rings. The highest BCUT2D eigenvalue weighted by atomic mass is 19.4. The van der Waals surface area contributed by atoms with Gasteiger partial charge in [-0.25, -0.2) is 0 Å². The second-order valence-electron chi connectivity index (χ2n) is 5.95. The SMILES string of the molecule is Cc1nc2c(cc1C(F)(F)F)N(Cc1ccccc1)CCCC2. The molecule has 23 heavy (non-hydrogen) atoms. The van der Waals surface area contributed by atoms with Crippen molar-refractivity contribution in [1.82, 2.24) is 4.98 Å². The molecule has 0 atom stereocenters. The minimum absolute atomic E-state index is 0.0674. The molecule has 1 aromatic heterocycles. The zero-order chi connectivity index (χ0) is 16.4. The van der Waals surface area contributed by atoms with E-state index in [1.165, 1.54) is 13.0 Å². The van der Waals surface area contributed by atoms with Crippen molar-refractivity contribution in [1.29, 1.82) is 0 Å². The van der Waals surface area contributed by atoms with Gasteiger partial charge in [0.1, 0.15) is 0 Å². The fourth-order valence-corrected chi connectivity index (χ4v) is 3.07. The van der Waals surface area contributed by atoms with Crippen LogP contribution in [-0.4, -0.2) is 11.5 Å². The number of fused-ring (bicyclic) bond motifs is 1. The highest BCUT2D eigenvalue weighted by Gasteiger charge is 2.35. The molecule has 3 rings (SSSR count). The lowest BCUT2D eigenvalue weighted by atomic mass is 10.1. The molecule has 5 heteroatoms. The second kappa shape index (κ2) is 6.22. The third-order valence-electron chi connectivity index (χ3n) is 4.22. The van der Waals surface area contributed by atoms with E-state index in [-0.39, 0.29) is 5.69 Å². The van der Waals surface area contributed by atoms with Crippen molar-refractivity contribution in [3.63, 3.8) is 0 Å². The molecule has 0 saturated heterocycles. The molecule has 1 aliphatic rings. The molecule has 0 unspecified atom stereocenters. The third-order valence-corrected chi connectivity index (χ3v) is 4.22. The van der Waals surface area contributed by atoms with E-state index >= 15 is 0 Å². The van der Waals surface area contributed by atoms with Crippen LogP contribution in [0.2, 0.25) is 0 Å². The van der Waals surface area contributed by atoms with E-state index < -0.39 is 11.7 Å². The van der Waals surface area contributed by atoms with Gasteiger partial charge in [0.2, 0.25) is 0 Å². The number of hydrogen-bond acceptors (Lipinski definition) is 2. The zero-order valence-corrected chi connectivity index (χ0v) is 13.0. The quantitative estimate of drug-likeness (QED) is 0.793. The molecule has 2 nitrogen and oxygen atoms in total.